The van der Waals surface area contributed by atoms with Crippen LogP contribution in [0.2, 0.25) is 0 Å². The third-order valence-electron chi connectivity index (χ3n) is 5.25. The number of fused-ring (bicyclic) bond motifs is 1. The van der Waals surface area contributed by atoms with E-state index in [0.29, 0.717) is 30.5 Å². The van der Waals surface area contributed by atoms with E-state index in [4.69, 9.17) is 4.98 Å². The molecule has 0 aliphatic carbocycles. The van der Waals surface area contributed by atoms with Crippen LogP contribution in [-0.4, -0.2) is 58.3 Å². The number of hydrogen-bond donors (Lipinski definition) is 1. The van der Waals surface area contributed by atoms with Gasteiger partial charge in [0.1, 0.15) is 0 Å². The minimum absolute atomic E-state index is 0.105. The summed E-state index contributed by atoms with van der Waals surface area (Å²) in [5, 5.41) is 12.3. The van der Waals surface area contributed by atoms with Gasteiger partial charge in [-0.05, 0) is 50.1 Å². The molecule has 3 aromatic rings. The normalized spacial score (nSPS) is 14.8. The monoisotopic (exact) mass is 391 g/mol. The Labute approximate surface area is 170 Å². The van der Waals surface area contributed by atoms with Gasteiger partial charge in [0.2, 0.25) is 0 Å². The van der Waals surface area contributed by atoms with Gasteiger partial charge in [-0.1, -0.05) is 0 Å². The number of aromatic nitrogens is 4. The van der Waals surface area contributed by atoms with Crippen LogP contribution in [-0.2, 0) is 0 Å². The van der Waals surface area contributed by atoms with Gasteiger partial charge >= 0.3 is 6.03 Å². The Balaban J connectivity index is 1.41. The predicted molar refractivity (Wildman–Crippen MR) is 113 cm³/mol. The number of aryl methyl sites for hydroxylation is 1. The fraction of sp³-hybridized carbons (Fsp3) is 0.381. The van der Waals surface area contributed by atoms with E-state index in [0.717, 1.165) is 35.3 Å². The van der Waals surface area contributed by atoms with E-state index >= 15 is 0 Å². The maximum atomic E-state index is 12.8. The number of piperidine rings is 1. The highest BCUT2D eigenvalue weighted by Gasteiger charge is 2.25. The van der Waals surface area contributed by atoms with Gasteiger partial charge in [-0.25, -0.2) is 14.8 Å². The van der Waals surface area contributed by atoms with E-state index in [2.05, 4.69) is 32.6 Å². The van der Waals surface area contributed by atoms with Crippen molar-refractivity contribution >= 4 is 28.6 Å². The highest BCUT2D eigenvalue weighted by atomic mass is 16.2. The number of anilines is 2. The van der Waals surface area contributed by atoms with E-state index in [1.807, 2.05) is 49.0 Å². The molecule has 1 saturated heterocycles. The number of carbonyl (C=O) groups excluding carboxylic acids is 1. The molecule has 4 heterocycles. The molecule has 3 aromatic heterocycles. The standard InChI is InChI=1S/C21H25N7O/c1-14-13-18(20(26-25-14)27(2)3)24-21(29)28-11-8-15(9-12-28)17-7-6-16-5-4-10-22-19(16)23-17/h4-7,10,13,15H,8-9,11-12H2,1-3H3,(H,24,25,29). The molecule has 0 atom stereocenters. The van der Waals surface area contributed by atoms with Crippen LogP contribution in [0.15, 0.2) is 36.5 Å². The first-order valence-electron chi connectivity index (χ1n) is 9.80. The van der Waals surface area contributed by atoms with E-state index in [-0.39, 0.29) is 6.03 Å². The summed E-state index contributed by atoms with van der Waals surface area (Å²) >= 11 is 0. The van der Waals surface area contributed by atoms with Crippen LogP contribution in [0.4, 0.5) is 16.3 Å². The number of amides is 2. The van der Waals surface area contributed by atoms with E-state index in [9.17, 15) is 4.79 Å². The number of likely N-dealkylation sites (tertiary alicyclic amines) is 1. The second kappa shape index (κ2) is 7.98. The molecule has 1 aliphatic heterocycles. The van der Waals surface area contributed by atoms with Gasteiger partial charge < -0.3 is 15.1 Å². The van der Waals surface area contributed by atoms with Crippen molar-refractivity contribution in [1.82, 2.24) is 25.1 Å². The summed E-state index contributed by atoms with van der Waals surface area (Å²) in [6, 6.07) is 9.84. The molecule has 8 nitrogen and oxygen atoms in total. The van der Waals surface area contributed by atoms with Crippen LogP contribution in [0.1, 0.15) is 30.1 Å². The van der Waals surface area contributed by atoms with E-state index in [1.165, 1.54) is 0 Å². The summed E-state index contributed by atoms with van der Waals surface area (Å²) in [7, 11) is 3.76. The fourth-order valence-corrected chi connectivity index (χ4v) is 3.67. The highest BCUT2D eigenvalue weighted by molar-refractivity contribution is 5.92. The zero-order valence-electron chi connectivity index (χ0n) is 17.0. The predicted octanol–water partition coefficient (Wildman–Crippen LogP) is 3.21. The molecule has 0 radical (unpaired) electrons. The Morgan fingerprint density at radius 3 is 2.72 bits per heavy atom. The van der Waals surface area contributed by atoms with Gasteiger partial charge in [0.25, 0.3) is 0 Å². The van der Waals surface area contributed by atoms with Crippen molar-refractivity contribution in [2.75, 3.05) is 37.4 Å². The maximum Gasteiger partial charge on any atom is 0.321 e. The van der Waals surface area contributed by atoms with Crippen molar-refractivity contribution < 1.29 is 4.79 Å². The van der Waals surface area contributed by atoms with Crippen LogP contribution >= 0.6 is 0 Å². The summed E-state index contributed by atoms with van der Waals surface area (Å²) in [4.78, 5) is 25.6. The van der Waals surface area contributed by atoms with Gasteiger partial charge in [-0.15, -0.1) is 5.10 Å². The summed E-state index contributed by atoms with van der Waals surface area (Å²) < 4.78 is 0. The van der Waals surface area contributed by atoms with Crippen LogP contribution in [0.25, 0.3) is 11.0 Å². The zero-order chi connectivity index (χ0) is 20.4. The molecule has 2 amide bonds. The molecule has 1 fully saturated rings. The van der Waals surface area contributed by atoms with Crippen LogP contribution in [0.5, 0.6) is 0 Å². The van der Waals surface area contributed by atoms with Crippen molar-refractivity contribution in [3.63, 3.8) is 0 Å². The lowest BCUT2D eigenvalue weighted by molar-refractivity contribution is 0.194. The smallest absolute Gasteiger partial charge is 0.321 e. The maximum absolute atomic E-state index is 12.8. The van der Waals surface area contributed by atoms with Gasteiger partial charge in [-0.2, -0.15) is 5.10 Å². The minimum atomic E-state index is -0.105. The Morgan fingerprint density at radius 1 is 1.17 bits per heavy atom. The van der Waals surface area contributed by atoms with Gasteiger partial charge in [0.05, 0.1) is 11.4 Å². The molecular weight excluding hydrogens is 366 g/mol. The molecule has 0 saturated carbocycles. The number of nitrogens with one attached hydrogen (secondary N) is 1. The molecule has 150 valence electrons. The number of nitrogens with zero attached hydrogens (tertiary/aromatic N) is 6. The summed E-state index contributed by atoms with van der Waals surface area (Å²) in [5.74, 6) is 0.985. The Hall–Kier alpha value is -3.29. The molecule has 1 N–H and O–H groups in total. The van der Waals surface area contributed by atoms with Crippen molar-refractivity contribution in [2.24, 2.45) is 0 Å². The van der Waals surface area contributed by atoms with E-state index in [1.54, 1.807) is 6.20 Å². The Morgan fingerprint density at radius 2 is 1.97 bits per heavy atom. The first kappa shape index (κ1) is 19.0. The van der Waals surface area contributed by atoms with Gasteiger partial charge in [0.15, 0.2) is 11.5 Å². The third-order valence-corrected chi connectivity index (χ3v) is 5.25. The molecule has 29 heavy (non-hydrogen) atoms. The Kier molecular flexibility index (Phi) is 5.24. The van der Waals surface area contributed by atoms with Crippen molar-refractivity contribution in [3.05, 3.63) is 47.9 Å². The molecule has 0 unspecified atom stereocenters. The molecule has 8 heteroatoms. The first-order chi connectivity index (χ1) is 14.0. The third kappa shape index (κ3) is 4.11. The molecule has 1 aliphatic rings. The second-order valence-electron chi connectivity index (χ2n) is 7.60. The zero-order valence-corrected chi connectivity index (χ0v) is 17.0. The minimum Gasteiger partial charge on any atom is -0.360 e. The molecule has 0 aromatic carbocycles. The summed E-state index contributed by atoms with van der Waals surface area (Å²) in [6.07, 6.45) is 3.53. The number of hydrogen-bond acceptors (Lipinski definition) is 6. The van der Waals surface area contributed by atoms with Gasteiger partial charge in [-0.3, -0.25) is 0 Å². The lowest BCUT2D eigenvalue weighted by atomic mass is 9.93. The van der Waals surface area contributed by atoms with Crippen LogP contribution in [0.3, 0.4) is 0 Å². The highest BCUT2D eigenvalue weighted by Crippen LogP contribution is 2.29. The number of carbonyl (C=O) groups is 1. The van der Waals surface area contributed by atoms with Crippen LogP contribution in [0, 0.1) is 6.92 Å². The van der Waals surface area contributed by atoms with E-state index < -0.39 is 0 Å². The number of rotatable bonds is 3. The van der Waals surface area contributed by atoms with Gasteiger partial charge in [0, 0.05) is 50.4 Å². The van der Waals surface area contributed by atoms with Crippen LogP contribution < -0.4 is 10.2 Å². The SMILES string of the molecule is Cc1cc(NC(=O)N2CCC(c3ccc4cccnc4n3)CC2)c(N(C)C)nn1. The van der Waals surface area contributed by atoms with Crippen molar-refractivity contribution in [2.45, 2.75) is 25.7 Å². The molecule has 0 bridgehead atoms. The Bertz CT molecular complexity index is 1030. The quantitative estimate of drug-likeness (QED) is 0.738. The average molecular weight is 391 g/mol. The fourth-order valence-electron chi connectivity index (χ4n) is 3.67. The summed E-state index contributed by atoms with van der Waals surface area (Å²) in [6.45, 7) is 3.24. The number of pyridine rings is 2. The second-order valence-corrected chi connectivity index (χ2v) is 7.60. The first-order valence-corrected chi connectivity index (χ1v) is 9.80. The van der Waals surface area contributed by atoms with Crippen molar-refractivity contribution in [3.8, 4) is 0 Å². The number of urea groups is 1. The van der Waals surface area contributed by atoms with Crippen molar-refractivity contribution in [1.29, 1.82) is 0 Å². The average Bonchev–Trinajstić information content (AvgIpc) is 2.73. The lowest BCUT2D eigenvalue weighted by Crippen LogP contribution is -2.41. The lowest BCUT2D eigenvalue weighted by Gasteiger charge is -2.32. The topological polar surface area (TPSA) is 87.1 Å². The molecule has 4 rings (SSSR count). The molecule has 0 spiro atoms. The summed E-state index contributed by atoms with van der Waals surface area (Å²) in [5.41, 5.74) is 3.28. The molecular formula is C21H25N7O. The largest absolute Gasteiger partial charge is 0.360 e.